The Morgan fingerprint density at radius 3 is 2.58 bits per heavy atom. The number of imidazole rings is 1. The molecule has 0 radical (unpaired) electrons. The Morgan fingerprint density at radius 2 is 1.95 bits per heavy atom. The first-order valence-corrected chi connectivity index (χ1v) is 12.9. The van der Waals surface area contributed by atoms with Crippen molar-refractivity contribution in [3.8, 4) is 0 Å². The lowest BCUT2D eigenvalue weighted by Crippen LogP contribution is -2.39. The number of alkyl halides is 3. The minimum absolute atomic E-state index is 0.0880. The highest BCUT2D eigenvalue weighted by Crippen LogP contribution is 2.34. The van der Waals surface area contributed by atoms with Crippen LogP contribution in [0.25, 0.3) is 11.2 Å². The molecule has 11 nitrogen and oxygen atoms in total. The molecule has 0 aliphatic carbocycles. The van der Waals surface area contributed by atoms with Gasteiger partial charge in [0.1, 0.15) is 0 Å². The van der Waals surface area contributed by atoms with E-state index in [-0.39, 0.29) is 5.56 Å². The number of carboxylic acid groups (broad SMARTS) is 1. The van der Waals surface area contributed by atoms with Crippen molar-refractivity contribution >= 4 is 28.9 Å². The third kappa shape index (κ3) is 6.61. The summed E-state index contributed by atoms with van der Waals surface area (Å²) in [6.45, 7) is 7.59. The Balaban J connectivity index is 0.000000470. The highest BCUT2D eigenvalue weighted by Gasteiger charge is 2.38. The van der Waals surface area contributed by atoms with Gasteiger partial charge in [0.2, 0.25) is 5.95 Å². The van der Waals surface area contributed by atoms with Crippen LogP contribution in [0.1, 0.15) is 37.3 Å². The van der Waals surface area contributed by atoms with Gasteiger partial charge in [-0.3, -0.25) is 9.89 Å². The van der Waals surface area contributed by atoms with E-state index in [9.17, 15) is 18.0 Å². The standard InChI is InChI=1S/C24H30N8O.C2HF3O2/c1-3-31-15-26-20-21(25-11-9-18-13-27-30-23(18)33)28-24(29-22(20)31)32-12-10-16(2)19(14-32)17-7-5-4-6-8-17;3-2(4,5)1(6)7/h4-8,13,15-16,19H,3,9-12,14H2,1-2H3,(H,25,28,29)(H2,27,30,33);(H,6,7). The number of aromatic amines is 2. The number of aromatic nitrogens is 6. The van der Waals surface area contributed by atoms with E-state index in [1.165, 1.54) is 5.56 Å². The molecule has 1 aromatic carbocycles. The van der Waals surface area contributed by atoms with Crippen LogP contribution >= 0.6 is 0 Å². The van der Waals surface area contributed by atoms with Gasteiger partial charge in [-0.15, -0.1) is 0 Å². The summed E-state index contributed by atoms with van der Waals surface area (Å²) in [6.07, 6.45) is 0.115. The Kier molecular flexibility index (Phi) is 8.75. The fourth-order valence-corrected chi connectivity index (χ4v) is 4.65. The topological polar surface area (TPSA) is 145 Å². The molecule has 4 heterocycles. The Hall–Kier alpha value is -4.36. The maximum absolute atomic E-state index is 11.8. The molecular formula is C26H31F3N8O3. The molecule has 0 amide bonds. The normalized spacial score (nSPS) is 17.4. The molecule has 2 unspecified atom stereocenters. The van der Waals surface area contributed by atoms with Crippen LogP contribution in [-0.2, 0) is 17.8 Å². The summed E-state index contributed by atoms with van der Waals surface area (Å²) in [5.41, 5.74) is 3.58. The van der Waals surface area contributed by atoms with Crippen LogP contribution in [0.4, 0.5) is 24.9 Å². The lowest BCUT2D eigenvalue weighted by Gasteiger charge is -2.37. The predicted molar refractivity (Wildman–Crippen MR) is 143 cm³/mol. The third-order valence-corrected chi connectivity index (χ3v) is 6.91. The molecule has 0 bridgehead atoms. The lowest BCUT2D eigenvalue weighted by atomic mass is 9.82. The lowest BCUT2D eigenvalue weighted by molar-refractivity contribution is -0.192. The van der Waals surface area contributed by atoms with Crippen molar-refractivity contribution < 1.29 is 23.1 Å². The predicted octanol–water partition coefficient (Wildman–Crippen LogP) is 3.78. The number of carbonyl (C=O) groups is 1. The molecule has 40 heavy (non-hydrogen) atoms. The molecule has 214 valence electrons. The number of aliphatic carboxylic acids is 1. The number of piperidine rings is 1. The van der Waals surface area contributed by atoms with E-state index in [4.69, 9.17) is 19.9 Å². The van der Waals surface area contributed by atoms with Crippen LogP contribution in [0, 0.1) is 5.92 Å². The number of hydrogen-bond donors (Lipinski definition) is 4. The summed E-state index contributed by atoms with van der Waals surface area (Å²) >= 11 is 0. The van der Waals surface area contributed by atoms with Crippen LogP contribution in [0.2, 0.25) is 0 Å². The summed E-state index contributed by atoms with van der Waals surface area (Å²) in [5, 5.41) is 15.8. The highest BCUT2D eigenvalue weighted by molar-refractivity contribution is 5.84. The molecule has 4 aromatic rings. The molecular weight excluding hydrogens is 529 g/mol. The second-order valence-electron chi connectivity index (χ2n) is 9.55. The maximum Gasteiger partial charge on any atom is 0.490 e. The zero-order chi connectivity index (χ0) is 28.9. The van der Waals surface area contributed by atoms with Gasteiger partial charge >= 0.3 is 12.1 Å². The number of anilines is 2. The molecule has 1 aliphatic heterocycles. The number of fused-ring (bicyclic) bond motifs is 1. The number of nitrogens with one attached hydrogen (secondary N) is 3. The van der Waals surface area contributed by atoms with Gasteiger partial charge in [0.05, 0.1) is 6.33 Å². The average Bonchev–Trinajstić information content (AvgIpc) is 3.54. The molecule has 1 aliphatic rings. The average molecular weight is 561 g/mol. The van der Waals surface area contributed by atoms with E-state index in [1.54, 1.807) is 6.20 Å². The van der Waals surface area contributed by atoms with Gasteiger partial charge in [0.25, 0.3) is 5.56 Å². The van der Waals surface area contributed by atoms with Gasteiger partial charge in [0.15, 0.2) is 17.0 Å². The van der Waals surface area contributed by atoms with Gasteiger partial charge in [-0.2, -0.15) is 23.1 Å². The zero-order valence-corrected chi connectivity index (χ0v) is 22.1. The molecule has 1 fully saturated rings. The number of rotatable bonds is 7. The fraction of sp³-hybridized carbons (Fsp3) is 0.423. The van der Waals surface area contributed by atoms with Gasteiger partial charge in [0, 0.05) is 43.9 Å². The highest BCUT2D eigenvalue weighted by atomic mass is 19.4. The molecule has 4 N–H and O–H groups in total. The summed E-state index contributed by atoms with van der Waals surface area (Å²) in [6, 6.07) is 10.7. The number of carboxylic acids is 1. The Bertz CT molecular complexity index is 1480. The van der Waals surface area contributed by atoms with E-state index in [0.29, 0.717) is 36.2 Å². The summed E-state index contributed by atoms with van der Waals surface area (Å²) in [4.78, 5) is 37.4. The SMILES string of the molecule is CCn1cnc2c(NCCc3c[nH][nH]c3=O)nc(N3CCC(C)C(c4ccccc4)C3)nc21.O=C(O)C(F)(F)F. The van der Waals surface area contributed by atoms with Gasteiger partial charge in [-0.25, -0.2) is 9.78 Å². The van der Waals surface area contributed by atoms with Crippen LogP contribution in [0.3, 0.4) is 0 Å². The summed E-state index contributed by atoms with van der Waals surface area (Å²) in [5.74, 6) is -0.276. The maximum atomic E-state index is 11.8. The van der Waals surface area contributed by atoms with Crippen LogP contribution in [0.5, 0.6) is 0 Å². The molecule has 0 spiro atoms. The molecule has 3 aromatic heterocycles. The number of halogens is 3. The molecule has 0 saturated carbocycles. The molecule has 2 atom stereocenters. The summed E-state index contributed by atoms with van der Waals surface area (Å²) < 4.78 is 33.8. The van der Waals surface area contributed by atoms with Crippen molar-refractivity contribution in [2.24, 2.45) is 5.92 Å². The van der Waals surface area contributed by atoms with E-state index in [1.807, 2.05) is 10.9 Å². The van der Waals surface area contributed by atoms with E-state index in [2.05, 4.69) is 69.6 Å². The van der Waals surface area contributed by atoms with Crippen molar-refractivity contribution in [3.63, 3.8) is 0 Å². The Morgan fingerprint density at radius 1 is 1.23 bits per heavy atom. The number of benzene rings is 1. The quantitative estimate of drug-likeness (QED) is 0.267. The number of nitrogens with zero attached hydrogens (tertiary/aromatic N) is 5. The fourth-order valence-electron chi connectivity index (χ4n) is 4.65. The zero-order valence-electron chi connectivity index (χ0n) is 22.1. The van der Waals surface area contributed by atoms with Gasteiger partial charge < -0.3 is 25.0 Å². The minimum Gasteiger partial charge on any atom is -0.475 e. The number of aryl methyl sites for hydroxylation is 1. The van der Waals surface area contributed by atoms with E-state index >= 15 is 0 Å². The van der Waals surface area contributed by atoms with Crippen molar-refractivity contribution in [1.82, 2.24) is 29.7 Å². The molecule has 14 heteroatoms. The van der Waals surface area contributed by atoms with Crippen LogP contribution in [-0.4, -0.2) is 66.6 Å². The molecule has 1 saturated heterocycles. The largest absolute Gasteiger partial charge is 0.490 e. The van der Waals surface area contributed by atoms with Gasteiger partial charge in [-0.05, 0) is 31.2 Å². The molecule has 5 rings (SSSR count). The van der Waals surface area contributed by atoms with E-state index < -0.39 is 12.1 Å². The first-order valence-electron chi connectivity index (χ1n) is 12.9. The number of H-pyrrole nitrogens is 2. The first-order chi connectivity index (χ1) is 19.1. The monoisotopic (exact) mass is 560 g/mol. The van der Waals surface area contributed by atoms with Gasteiger partial charge in [-0.1, -0.05) is 37.3 Å². The summed E-state index contributed by atoms with van der Waals surface area (Å²) in [7, 11) is 0. The number of hydrogen-bond acceptors (Lipinski definition) is 7. The van der Waals surface area contributed by atoms with E-state index in [0.717, 1.165) is 43.2 Å². The third-order valence-electron chi connectivity index (χ3n) is 6.91. The van der Waals surface area contributed by atoms with Crippen LogP contribution < -0.4 is 15.8 Å². The van der Waals surface area contributed by atoms with Crippen molar-refractivity contribution in [3.05, 3.63) is 64.3 Å². The second kappa shape index (κ2) is 12.2. The van der Waals surface area contributed by atoms with Crippen molar-refractivity contribution in [2.75, 3.05) is 29.9 Å². The Labute approximate surface area is 227 Å². The first kappa shape index (κ1) is 28.6. The van der Waals surface area contributed by atoms with Crippen LogP contribution in [0.15, 0.2) is 47.7 Å². The smallest absolute Gasteiger partial charge is 0.475 e. The second-order valence-corrected chi connectivity index (χ2v) is 9.55. The van der Waals surface area contributed by atoms with Crippen molar-refractivity contribution in [1.29, 1.82) is 0 Å². The minimum atomic E-state index is -5.08. The van der Waals surface area contributed by atoms with Crippen molar-refractivity contribution in [2.45, 2.75) is 45.3 Å².